The molecule has 1 heteroatoms. The summed E-state index contributed by atoms with van der Waals surface area (Å²) in [5.74, 6) is 0. The van der Waals surface area contributed by atoms with E-state index in [2.05, 4.69) is 241 Å². The molecule has 0 aliphatic carbocycles. The maximum atomic E-state index is 2.41. The lowest BCUT2D eigenvalue weighted by Gasteiger charge is -2.28. The van der Waals surface area contributed by atoms with E-state index in [0.717, 1.165) is 17.1 Å². The van der Waals surface area contributed by atoms with Gasteiger partial charge < -0.3 is 4.90 Å². The summed E-state index contributed by atoms with van der Waals surface area (Å²) in [6.45, 7) is 0. The second-order valence-corrected chi connectivity index (χ2v) is 14.5. The highest BCUT2D eigenvalue weighted by molar-refractivity contribution is 6.14. The Morgan fingerprint density at radius 2 is 0.614 bits per heavy atom. The number of hydrogen-bond donors (Lipinski definition) is 0. The molecule has 0 unspecified atom stereocenters. The molecule has 0 atom stereocenters. The first-order chi connectivity index (χ1) is 28.3. The summed E-state index contributed by atoms with van der Waals surface area (Å²) in [4.78, 5) is 2.41. The van der Waals surface area contributed by atoms with Crippen LogP contribution < -0.4 is 4.90 Å². The molecule has 10 aromatic rings. The van der Waals surface area contributed by atoms with Crippen LogP contribution in [-0.4, -0.2) is 0 Å². The SMILES string of the molecule is c1ccc(-c2ccc(-c3ccc(N(c4ccc(-c5ccc(-c6ccccc6)c(-c6ccccc6)c5)cc4)c4cc5ccccc5c5ccccc45)cc3)cc2)cc1. The molecule has 10 rings (SSSR count). The van der Waals surface area contributed by atoms with Gasteiger partial charge in [-0.2, -0.15) is 0 Å². The first-order valence-electron chi connectivity index (χ1n) is 19.6. The molecule has 0 N–H and O–H groups in total. The van der Waals surface area contributed by atoms with Gasteiger partial charge in [-0.3, -0.25) is 0 Å². The van der Waals surface area contributed by atoms with Crippen molar-refractivity contribution in [3.05, 3.63) is 237 Å². The number of nitrogens with zero attached hydrogens (tertiary/aromatic N) is 1. The van der Waals surface area contributed by atoms with Crippen LogP contribution in [0.2, 0.25) is 0 Å². The average Bonchev–Trinajstić information content (AvgIpc) is 3.30. The van der Waals surface area contributed by atoms with E-state index in [9.17, 15) is 0 Å². The minimum absolute atomic E-state index is 1.10. The quantitative estimate of drug-likeness (QED) is 0.141. The topological polar surface area (TPSA) is 3.24 Å². The van der Waals surface area contributed by atoms with E-state index in [0.29, 0.717) is 0 Å². The molecule has 0 saturated heterocycles. The van der Waals surface area contributed by atoms with Crippen molar-refractivity contribution < 1.29 is 0 Å². The molecule has 0 saturated carbocycles. The largest absolute Gasteiger partial charge is 0.310 e. The molecule has 57 heavy (non-hydrogen) atoms. The van der Waals surface area contributed by atoms with E-state index < -0.39 is 0 Å². The fourth-order valence-electron chi connectivity index (χ4n) is 8.19. The van der Waals surface area contributed by atoms with Gasteiger partial charge in [0.2, 0.25) is 0 Å². The molecular weight excluding hydrogens is 687 g/mol. The molecule has 0 fully saturated rings. The predicted molar refractivity (Wildman–Crippen MR) is 243 cm³/mol. The van der Waals surface area contributed by atoms with Crippen molar-refractivity contribution in [3.63, 3.8) is 0 Å². The standard InChI is InChI=1S/C56H39N/c1-4-14-40(15-5-1)41-24-26-42(27-25-41)43-28-33-49(34-29-43)57(56-39-48-20-10-11-21-51(48)53-22-12-13-23-54(53)56)50-35-30-44(31-36-50)47-32-37-52(45-16-6-2-7-17-45)55(38-47)46-18-8-3-9-19-46/h1-39H. The highest BCUT2D eigenvalue weighted by atomic mass is 15.1. The Morgan fingerprint density at radius 1 is 0.228 bits per heavy atom. The van der Waals surface area contributed by atoms with Gasteiger partial charge in [0.15, 0.2) is 0 Å². The fourth-order valence-corrected chi connectivity index (χ4v) is 8.19. The van der Waals surface area contributed by atoms with Gasteiger partial charge in [-0.25, -0.2) is 0 Å². The van der Waals surface area contributed by atoms with Gasteiger partial charge in [-0.1, -0.05) is 200 Å². The first-order valence-corrected chi connectivity index (χ1v) is 19.6. The van der Waals surface area contributed by atoms with Crippen LogP contribution in [0.5, 0.6) is 0 Å². The molecule has 268 valence electrons. The van der Waals surface area contributed by atoms with Gasteiger partial charge >= 0.3 is 0 Å². The molecule has 10 aromatic carbocycles. The van der Waals surface area contributed by atoms with E-state index in [1.165, 1.54) is 77.2 Å². The molecular formula is C56H39N. The van der Waals surface area contributed by atoms with Crippen molar-refractivity contribution in [2.24, 2.45) is 0 Å². The van der Waals surface area contributed by atoms with Crippen molar-refractivity contribution in [1.29, 1.82) is 0 Å². The Labute approximate surface area is 334 Å². The molecule has 0 spiro atoms. The Balaban J connectivity index is 1.06. The zero-order chi connectivity index (χ0) is 38.0. The summed E-state index contributed by atoms with van der Waals surface area (Å²) in [6.07, 6.45) is 0. The van der Waals surface area contributed by atoms with Crippen LogP contribution >= 0.6 is 0 Å². The number of rotatable bonds is 8. The molecule has 0 heterocycles. The number of anilines is 3. The van der Waals surface area contributed by atoms with Gasteiger partial charge in [0.25, 0.3) is 0 Å². The van der Waals surface area contributed by atoms with E-state index in [1.54, 1.807) is 0 Å². The molecule has 0 amide bonds. The van der Waals surface area contributed by atoms with Crippen LogP contribution in [0.25, 0.3) is 77.2 Å². The van der Waals surface area contributed by atoms with Crippen LogP contribution in [0.4, 0.5) is 17.1 Å². The van der Waals surface area contributed by atoms with Crippen LogP contribution in [0, 0.1) is 0 Å². The van der Waals surface area contributed by atoms with E-state index in [1.807, 2.05) is 0 Å². The van der Waals surface area contributed by atoms with Crippen molar-refractivity contribution >= 4 is 38.6 Å². The second kappa shape index (κ2) is 15.0. The third-order valence-corrected chi connectivity index (χ3v) is 11.1. The summed E-state index contributed by atoms with van der Waals surface area (Å²) in [7, 11) is 0. The lowest BCUT2D eigenvalue weighted by atomic mass is 9.91. The number of hydrogen-bond acceptors (Lipinski definition) is 1. The summed E-state index contributed by atoms with van der Waals surface area (Å²) in [5.41, 5.74) is 15.4. The lowest BCUT2D eigenvalue weighted by Crippen LogP contribution is -2.10. The van der Waals surface area contributed by atoms with Gasteiger partial charge in [-0.05, 0) is 108 Å². The predicted octanol–water partition coefficient (Wildman–Crippen LogP) is 15.8. The van der Waals surface area contributed by atoms with E-state index in [-0.39, 0.29) is 0 Å². The molecule has 0 aliphatic rings. The molecule has 0 radical (unpaired) electrons. The van der Waals surface area contributed by atoms with Gasteiger partial charge in [0, 0.05) is 16.8 Å². The third kappa shape index (κ3) is 6.66. The zero-order valence-corrected chi connectivity index (χ0v) is 31.5. The normalized spacial score (nSPS) is 11.2. The maximum absolute atomic E-state index is 2.41. The van der Waals surface area contributed by atoms with E-state index >= 15 is 0 Å². The van der Waals surface area contributed by atoms with Crippen molar-refractivity contribution in [2.75, 3.05) is 4.90 Å². The van der Waals surface area contributed by atoms with Crippen molar-refractivity contribution in [1.82, 2.24) is 0 Å². The zero-order valence-electron chi connectivity index (χ0n) is 31.5. The Bertz CT molecular complexity index is 2950. The molecule has 0 aliphatic heterocycles. The summed E-state index contributed by atoms with van der Waals surface area (Å²) >= 11 is 0. The number of benzene rings is 10. The Morgan fingerprint density at radius 3 is 1.18 bits per heavy atom. The van der Waals surface area contributed by atoms with Gasteiger partial charge in [-0.15, -0.1) is 0 Å². The first kappa shape index (κ1) is 34.0. The number of fused-ring (bicyclic) bond motifs is 3. The Kier molecular flexibility index (Phi) is 8.95. The Hall–Kier alpha value is -7.48. The van der Waals surface area contributed by atoms with Crippen LogP contribution in [0.1, 0.15) is 0 Å². The van der Waals surface area contributed by atoms with Crippen LogP contribution in [0.15, 0.2) is 237 Å². The van der Waals surface area contributed by atoms with Crippen molar-refractivity contribution in [3.8, 4) is 55.6 Å². The smallest absolute Gasteiger partial charge is 0.0546 e. The van der Waals surface area contributed by atoms with Gasteiger partial charge in [0.1, 0.15) is 0 Å². The summed E-state index contributed by atoms with van der Waals surface area (Å²) < 4.78 is 0. The minimum Gasteiger partial charge on any atom is -0.310 e. The highest BCUT2D eigenvalue weighted by Gasteiger charge is 2.18. The maximum Gasteiger partial charge on any atom is 0.0546 e. The minimum atomic E-state index is 1.10. The lowest BCUT2D eigenvalue weighted by molar-refractivity contribution is 1.30. The molecule has 0 aromatic heterocycles. The average molecular weight is 726 g/mol. The fraction of sp³-hybridized carbons (Fsp3) is 0. The highest BCUT2D eigenvalue weighted by Crippen LogP contribution is 2.43. The second-order valence-electron chi connectivity index (χ2n) is 14.5. The van der Waals surface area contributed by atoms with Crippen molar-refractivity contribution in [2.45, 2.75) is 0 Å². The summed E-state index contributed by atoms with van der Waals surface area (Å²) in [6, 6.07) is 85.6. The molecule has 1 nitrogen and oxygen atoms in total. The summed E-state index contributed by atoms with van der Waals surface area (Å²) in [5, 5.41) is 4.93. The van der Waals surface area contributed by atoms with E-state index in [4.69, 9.17) is 0 Å². The monoisotopic (exact) mass is 725 g/mol. The molecule has 0 bridgehead atoms. The third-order valence-electron chi connectivity index (χ3n) is 11.1. The van der Waals surface area contributed by atoms with Crippen LogP contribution in [-0.2, 0) is 0 Å². The van der Waals surface area contributed by atoms with Crippen LogP contribution in [0.3, 0.4) is 0 Å². The van der Waals surface area contributed by atoms with Gasteiger partial charge in [0.05, 0.1) is 5.69 Å².